The van der Waals surface area contributed by atoms with Crippen LogP contribution in [0.5, 0.6) is 0 Å². The minimum absolute atomic E-state index is 0.0707. The summed E-state index contributed by atoms with van der Waals surface area (Å²) in [5.74, 6) is 0.426. The van der Waals surface area contributed by atoms with Crippen LogP contribution in [0.25, 0.3) is 0 Å². The molecule has 2 aromatic carbocycles. The van der Waals surface area contributed by atoms with Crippen molar-refractivity contribution in [1.29, 1.82) is 0 Å². The van der Waals surface area contributed by atoms with Gasteiger partial charge in [-0.05, 0) is 0 Å². The number of halogens is 1. The third-order valence-electron chi connectivity index (χ3n) is 6.35. The van der Waals surface area contributed by atoms with Crippen LogP contribution in [0.4, 0.5) is 4.79 Å². The van der Waals surface area contributed by atoms with Crippen LogP contribution in [0.1, 0.15) is 53.3 Å². The standard InChI is InChI=1S/C28H38AsClN2O5/c1-29-18-25(15-20-7-3-4-13-36-19-20)32-27(33)23-10-5-8-21(16-23)26(22-9-6-11-24(30)17-22)37-14-12-31-28(34)35-2/h5-6,8-11,16-17,20,25-26,29H,3-4,7,12-15,18-19H2,1-2H3,(H,31,34)(H,32,33)/t20-,25+,26-/m1/s1. The molecule has 0 bridgehead atoms. The minimum atomic E-state index is -0.513. The van der Waals surface area contributed by atoms with Crippen LogP contribution in [0.3, 0.4) is 0 Å². The van der Waals surface area contributed by atoms with Crippen LogP contribution in [0.15, 0.2) is 48.5 Å². The van der Waals surface area contributed by atoms with Crippen molar-refractivity contribution < 1.29 is 23.8 Å². The van der Waals surface area contributed by atoms with Crippen LogP contribution in [-0.4, -0.2) is 67.3 Å². The van der Waals surface area contributed by atoms with Crippen LogP contribution < -0.4 is 10.6 Å². The summed E-state index contributed by atoms with van der Waals surface area (Å²) in [5.41, 5.74) is 4.57. The first-order valence-electron chi connectivity index (χ1n) is 12.8. The number of nitrogens with one attached hydrogen (secondary N) is 2. The number of rotatable bonds is 12. The Bertz CT molecular complexity index is 1000. The second-order valence-electron chi connectivity index (χ2n) is 9.25. The summed E-state index contributed by atoms with van der Waals surface area (Å²) < 4.78 is 16.5. The van der Waals surface area contributed by atoms with Gasteiger partial charge in [0.2, 0.25) is 0 Å². The molecule has 1 aliphatic rings. The Labute approximate surface area is 231 Å². The van der Waals surface area contributed by atoms with E-state index in [4.69, 9.17) is 21.1 Å². The molecule has 0 radical (unpaired) electrons. The van der Waals surface area contributed by atoms with Gasteiger partial charge in [-0.25, -0.2) is 4.79 Å². The van der Waals surface area contributed by atoms with Gasteiger partial charge in [-0.2, -0.15) is 0 Å². The molecule has 1 saturated heterocycles. The van der Waals surface area contributed by atoms with Crippen molar-refractivity contribution in [2.75, 3.05) is 33.5 Å². The molecule has 37 heavy (non-hydrogen) atoms. The number of ether oxygens (including phenoxy) is 3. The SMILES string of the molecule is COC(=O)NCCO[C@@H](c1cccc(Cl)c1)c1cccc(C(=O)N[C@H](C[AsH]C)C[C@H]2CCCCOC2)c1. The topological polar surface area (TPSA) is 85.9 Å². The van der Waals surface area contributed by atoms with Crippen molar-refractivity contribution in [2.45, 2.75) is 48.7 Å². The van der Waals surface area contributed by atoms with Crippen LogP contribution in [-0.2, 0) is 14.2 Å². The Balaban J connectivity index is 1.73. The summed E-state index contributed by atoms with van der Waals surface area (Å²) in [6.45, 7) is 2.18. The number of alkyl carbamates (subject to hydrolysis) is 1. The molecule has 0 aliphatic carbocycles. The molecule has 2 aromatic rings. The van der Waals surface area contributed by atoms with E-state index in [-0.39, 0.29) is 40.9 Å². The van der Waals surface area contributed by atoms with Gasteiger partial charge >= 0.3 is 216 Å². The molecular weight excluding hydrogens is 555 g/mol. The van der Waals surface area contributed by atoms with Crippen molar-refractivity contribution >= 4 is 39.4 Å². The molecule has 0 saturated carbocycles. The normalized spacial score (nSPS) is 17.6. The zero-order chi connectivity index (χ0) is 26.5. The Morgan fingerprint density at radius 2 is 1.95 bits per heavy atom. The van der Waals surface area contributed by atoms with E-state index in [9.17, 15) is 9.59 Å². The van der Waals surface area contributed by atoms with Crippen LogP contribution >= 0.6 is 11.6 Å². The molecule has 9 heteroatoms. The molecule has 1 heterocycles. The van der Waals surface area contributed by atoms with Crippen LogP contribution in [0.2, 0.25) is 15.9 Å². The first kappa shape index (κ1) is 29.5. The van der Waals surface area contributed by atoms with Crippen molar-refractivity contribution in [3.63, 3.8) is 0 Å². The average molecular weight is 593 g/mol. The van der Waals surface area contributed by atoms with E-state index in [0.717, 1.165) is 48.8 Å². The zero-order valence-electron chi connectivity index (χ0n) is 21.6. The molecule has 0 aromatic heterocycles. The molecule has 1 unspecified atom stereocenters. The van der Waals surface area contributed by atoms with E-state index in [0.29, 0.717) is 16.5 Å². The fourth-order valence-electron chi connectivity index (χ4n) is 4.57. The molecule has 7 nitrogen and oxygen atoms in total. The fraction of sp³-hybridized carbons (Fsp3) is 0.500. The van der Waals surface area contributed by atoms with Crippen molar-refractivity contribution in [1.82, 2.24) is 10.6 Å². The summed E-state index contributed by atoms with van der Waals surface area (Å²) >= 11 is 6.16. The molecule has 1 aliphatic heterocycles. The fourth-order valence-corrected chi connectivity index (χ4v) is 6.36. The van der Waals surface area contributed by atoms with Gasteiger partial charge in [-0.1, -0.05) is 0 Å². The van der Waals surface area contributed by atoms with Crippen LogP contribution in [0, 0.1) is 5.92 Å². The Morgan fingerprint density at radius 3 is 2.70 bits per heavy atom. The number of hydrogen-bond donors (Lipinski definition) is 2. The quantitative estimate of drug-likeness (QED) is 0.267. The van der Waals surface area contributed by atoms with E-state index in [2.05, 4.69) is 21.1 Å². The van der Waals surface area contributed by atoms with Gasteiger partial charge in [-0.15, -0.1) is 0 Å². The number of amides is 2. The third-order valence-corrected chi connectivity index (χ3v) is 8.48. The van der Waals surface area contributed by atoms with Crippen molar-refractivity contribution in [3.05, 3.63) is 70.2 Å². The van der Waals surface area contributed by atoms with Crippen molar-refractivity contribution in [3.8, 4) is 0 Å². The first-order valence-corrected chi connectivity index (χ1v) is 16.8. The van der Waals surface area contributed by atoms with E-state index in [1.54, 1.807) is 6.07 Å². The third kappa shape index (κ3) is 9.97. The second kappa shape index (κ2) is 16.0. The molecule has 4 atom stereocenters. The zero-order valence-corrected chi connectivity index (χ0v) is 24.5. The van der Waals surface area contributed by atoms with E-state index in [1.807, 2.05) is 42.5 Å². The molecule has 0 spiro atoms. The molecular formula is C28H38AsClN2O5. The number of hydrogen-bond acceptors (Lipinski definition) is 5. The number of carbonyl (C=O) groups is 2. The second-order valence-corrected chi connectivity index (χ2v) is 12.0. The van der Waals surface area contributed by atoms with E-state index >= 15 is 0 Å². The molecule has 1 fully saturated rings. The molecule has 3 rings (SSSR count). The summed E-state index contributed by atoms with van der Waals surface area (Å²) in [7, 11) is 1.32. The van der Waals surface area contributed by atoms with Gasteiger partial charge < -0.3 is 4.74 Å². The van der Waals surface area contributed by atoms with E-state index in [1.165, 1.54) is 13.5 Å². The van der Waals surface area contributed by atoms with Gasteiger partial charge in [0.25, 0.3) is 0 Å². The van der Waals surface area contributed by atoms with Gasteiger partial charge in [0.15, 0.2) is 0 Å². The summed E-state index contributed by atoms with van der Waals surface area (Å²) in [6, 6.07) is 15.2. The molecule has 202 valence electrons. The van der Waals surface area contributed by atoms with Gasteiger partial charge in [0.05, 0.1) is 7.11 Å². The number of carbonyl (C=O) groups excluding carboxylic acids is 2. The predicted octanol–water partition coefficient (Wildman–Crippen LogP) is 5.01. The maximum atomic E-state index is 13.3. The van der Waals surface area contributed by atoms with Gasteiger partial charge in [0.1, 0.15) is 0 Å². The van der Waals surface area contributed by atoms with Crippen molar-refractivity contribution in [2.24, 2.45) is 5.92 Å². The first-order chi connectivity index (χ1) is 18.0. The molecule has 2 amide bonds. The average Bonchev–Trinajstić information content (AvgIpc) is 3.17. The Morgan fingerprint density at radius 1 is 1.16 bits per heavy atom. The maximum absolute atomic E-state index is 13.3. The Kier molecular flexibility index (Phi) is 12.8. The summed E-state index contributed by atoms with van der Waals surface area (Å²) in [5, 5.41) is 7.58. The Hall–Kier alpha value is -2.05. The summed E-state index contributed by atoms with van der Waals surface area (Å²) in [4.78, 5) is 24.7. The summed E-state index contributed by atoms with van der Waals surface area (Å²) in [6.07, 6.45) is 3.47. The predicted molar refractivity (Wildman–Crippen MR) is 148 cm³/mol. The number of methoxy groups -OCH3 is 1. The van der Waals surface area contributed by atoms with E-state index < -0.39 is 12.2 Å². The monoisotopic (exact) mass is 592 g/mol. The molecule has 2 N–H and O–H groups in total. The number of benzene rings is 2. The van der Waals surface area contributed by atoms with Gasteiger partial charge in [0, 0.05) is 0 Å². The van der Waals surface area contributed by atoms with Gasteiger partial charge in [-0.3, -0.25) is 0 Å².